The second kappa shape index (κ2) is 8.90. The summed E-state index contributed by atoms with van der Waals surface area (Å²) >= 11 is 4.04. The third-order valence-electron chi connectivity index (χ3n) is 9.89. The standard InChI is InChI=1S/C28H37BrO7/c1-7-24(34)36-28(23(33)14-35-17(4)30)16(3)11-20-21-10-15(2)19-12-18(31)8-9-25(19,5)27(21,29)22(32)13-26(20,28)6/h8-9,12,15-16,20-22,32H,7,10-11,13-14H2,1-6H3/t15?,16?,20-,21-,22?,25-,26-,27-,28-/m0/s1. The number of carbonyl (C=O) groups is 4. The van der Waals surface area contributed by atoms with Crippen LogP contribution in [0.2, 0.25) is 0 Å². The van der Waals surface area contributed by atoms with Gasteiger partial charge in [-0.1, -0.05) is 62.2 Å². The minimum atomic E-state index is -1.52. The molecule has 3 fully saturated rings. The maximum Gasteiger partial charge on any atom is 0.306 e. The number of hydrogen-bond acceptors (Lipinski definition) is 7. The summed E-state index contributed by atoms with van der Waals surface area (Å²) in [6.45, 7) is 10.5. The highest BCUT2D eigenvalue weighted by Gasteiger charge is 2.76. The van der Waals surface area contributed by atoms with Crippen LogP contribution in [-0.4, -0.2) is 51.2 Å². The van der Waals surface area contributed by atoms with E-state index >= 15 is 0 Å². The van der Waals surface area contributed by atoms with Crippen LogP contribution < -0.4 is 0 Å². The molecule has 3 saturated carbocycles. The summed E-state index contributed by atoms with van der Waals surface area (Å²) in [4.78, 5) is 50.4. The Bertz CT molecular complexity index is 1060. The van der Waals surface area contributed by atoms with E-state index in [1.807, 2.05) is 19.9 Å². The van der Waals surface area contributed by atoms with Crippen LogP contribution >= 0.6 is 15.9 Å². The van der Waals surface area contributed by atoms with Crippen molar-refractivity contribution in [3.8, 4) is 0 Å². The zero-order chi connectivity index (χ0) is 26.8. The van der Waals surface area contributed by atoms with Crippen molar-refractivity contribution in [1.82, 2.24) is 0 Å². The Kier molecular flexibility index (Phi) is 6.73. The molecule has 0 amide bonds. The molecule has 0 spiro atoms. The van der Waals surface area contributed by atoms with E-state index in [-0.39, 0.29) is 42.3 Å². The van der Waals surface area contributed by atoms with Crippen molar-refractivity contribution in [1.29, 1.82) is 0 Å². The first-order chi connectivity index (χ1) is 16.7. The number of ketones is 2. The summed E-state index contributed by atoms with van der Waals surface area (Å²) in [6, 6.07) is 0. The van der Waals surface area contributed by atoms with Crippen molar-refractivity contribution < 1.29 is 33.8 Å². The first kappa shape index (κ1) is 27.2. The van der Waals surface area contributed by atoms with E-state index in [1.165, 1.54) is 6.92 Å². The average Bonchev–Trinajstić information content (AvgIpc) is 3.02. The summed E-state index contributed by atoms with van der Waals surface area (Å²) in [6.07, 6.45) is 5.96. The summed E-state index contributed by atoms with van der Waals surface area (Å²) in [5, 5.41) is 11.9. The van der Waals surface area contributed by atoms with Crippen molar-refractivity contribution in [2.24, 2.45) is 34.5 Å². The number of ether oxygens (including phenoxy) is 2. The molecule has 4 rings (SSSR count). The van der Waals surface area contributed by atoms with Gasteiger partial charge in [-0.3, -0.25) is 19.2 Å². The molecular weight excluding hydrogens is 528 g/mol. The van der Waals surface area contributed by atoms with Crippen LogP contribution in [0.3, 0.4) is 0 Å². The van der Waals surface area contributed by atoms with Gasteiger partial charge < -0.3 is 14.6 Å². The molecule has 0 saturated heterocycles. The smallest absolute Gasteiger partial charge is 0.306 e. The highest BCUT2D eigenvalue weighted by Crippen LogP contribution is 2.73. The van der Waals surface area contributed by atoms with Gasteiger partial charge in [0.05, 0.1) is 10.4 Å². The lowest BCUT2D eigenvalue weighted by atomic mass is 9.44. The summed E-state index contributed by atoms with van der Waals surface area (Å²) < 4.78 is 10.4. The second-order valence-corrected chi connectivity index (χ2v) is 13.0. The molecule has 3 unspecified atom stereocenters. The average molecular weight is 566 g/mol. The molecule has 4 aliphatic rings. The lowest BCUT2D eigenvalue weighted by Crippen LogP contribution is -2.70. The number of esters is 2. The Morgan fingerprint density at radius 3 is 2.44 bits per heavy atom. The Hall–Kier alpha value is -1.80. The van der Waals surface area contributed by atoms with E-state index in [2.05, 4.69) is 29.8 Å². The molecule has 1 N–H and O–H groups in total. The van der Waals surface area contributed by atoms with E-state index in [0.717, 1.165) is 5.57 Å². The van der Waals surface area contributed by atoms with Crippen molar-refractivity contribution >= 4 is 39.4 Å². The quantitative estimate of drug-likeness (QED) is 0.395. The lowest BCUT2D eigenvalue weighted by Gasteiger charge is -2.65. The summed E-state index contributed by atoms with van der Waals surface area (Å²) in [5.74, 6) is -1.93. The number of aliphatic hydroxyl groups is 1. The molecule has 36 heavy (non-hydrogen) atoms. The fraction of sp³-hybridized carbons (Fsp3) is 0.714. The summed E-state index contributed by atoms with van der Waals surface area (Å²) in [5.41, 5.74) is -1.98. The summed E-state index contributed by atoms with van der Waals surface area (Å²) in [7, 11) is 0. The van der Waals surface area contributed by atoms with Gasteiger partial charge in [0, 0.05) is 30.1 Å². The van der Waals surface area contributed by atoms with E-state index in [4.69, 9.17) is 9.47 Å². The highest BCUT2D eigenvalue weighted by molar-refractivity contribution is 9.10. The Morgan fingerprint density at radius 2 is 1.83 bits per heavy atom. The second-order valence-electron chi connectivity index (χ2n) is 11.7. The van der Waals surface area contributed by atoms with Gasteiger partial charge in [-0.05, 0) is 49.2 Å². The molecule has 0 heterocycles. The predicted octanol–water partition coefficient (Wildman–Crippen LogP) is 4.10. The molecule has 7 nitrogen and oxygen atoms in total. The van der Waals surface area contributed by atoms with Crippen molar-refractivity contribution in [3.05, 3.63) is 23.8 Å². The predicted molar refractivity (Wildman–Crippen MR) is 136 cm³/mol. The van der Waals surface area contributed by atoms with E-state index in [1.54, 1.807) is 19.1 Å². The number of fused-ring (bicyclic) bond motifs is 5. The fourth-order valence-corrected chi connectivity index (χ4v) is 9.34. The Balaban J connectivity index is 1.85. The molecular formula is C28H37BrO7. The number of Topliss-reactive ketones (excluding diaryl/α,β-unsaturated/α-hetero) is 1. The minimum absolute atomic E-state index is 0.0462. The third-order valence-corrected chi connectivity index (χ3v) is 11.8. The topological polar surface area (TPSA) is 107 Å². The zero-order valence-electron chi connectivity index (χ0n) is 21.9. The number of alkyl halides is 1. The van der Waals surface area contributed by atoms with Crippen molar-refractivity contribution in [2.75, 3.05) is 6.61 Å². The first-order valence-corrected chi connectivity index (χ1v) is 13.7. The van der Waals surface area contributed by atoms with Gasteiger partial charge >= 0.3 is 11.9 Å². The van der Waals surface area contributed by atoms with Crippen molar-refractivity contribution in [2.45, 2.75) is 83.3 Å². The molecule has 0 bridgehead atoms. The molecule has 198 valence electrons. The third kappa shape index (κ3) is 3.46. The molecule has 0 aromatic heterocycles. The monoisotopic (exact) mass is 564 g/mol. The largest absolute Gasteiger partial charge is 0.458 e. The lowest BCUT2D eigenvalue weighted by molar-refractivity contribution is -0.203. The first-order valence-electron chi connectivity index (χ1n) is 12.9. The van der Waals surface area contributed by atoms with Crippen LogP contribution in [0.4, 0.5) is 0 Å². The van der Waals surface area contributed by atoms with Crippen LogP contribution in [0.15, 0.2) is 23.8 Å². The van der Waals surface area contributed by atoms with Gasteiger partial charge in [-0.25, -0.2) is 0 Å². The molecule has 8 heteroatoms. The van der Waals surface area contributed by atoms with Crippen LogP contribution in [0.1, 0.15) is 67.2 Å². The number of aliphatic hydroxyl groups excluding tert-OH is 1. The van der Waals surface area contributed by atoms with E-state index < -0.39 is 51.2 Å². The number of carbonyl (C=O) groups excluding carboxylic acids is 4. The van der Waals surface area contributed by atoms with E-state index in [9.17, 15) is 24.3 Å². The number of allylic oxidation sites excluding steroid dienone is 4. The maximum absolute atomic E-state index is 13.8. The highest BCUT2D eigenvalue weighted by atomic mass is 79.9. The molecule has 0 aromatic rings. The maximum atomic E-state index is 13.8. The van der Waals surface area contributed by atoms with E-state index in [0.29, 0.717) is 12.8 Å². The van der Waals surface area contributed by atoms with Crippen LogP contribution in [0.5, 0.6) is 0 Å². The Morgan fingerprint density at radius 1 is 1.17 bits per heavy atom. The van der Waals surface area contributed by atoms with Crippen LogP contribution in [0, 0.1) is 34.5 Å². The normalized spacial score (nSPS) is 45.2. The van der Waals surface area contributed by atoms with Crippen LogP contribution in [-0.2, 0) is 28.7 Å². The van der Waals surface area contributed by atoms with Gasteiger partial charge in [-0.15, -0.1) is 0 Å². The number of rotatable bonds is 5. The molecule has 9 atom stereocenters. The number of hydrogen-bond donors (Lipinski definition) is 1. The van der Waals surface area contributed by atoms with Gasteiger partial charge in [0.1, 0.15) is 0 Å². The van der Waals surface area contributed by atoms with Gasteiger partial charge in [-0.2, -0.15) is 0 Å². The molecule has 0 radical (unpaired) electrons. The van der Waals surface area contributed by atoms with Gasteiger partial charge in [0.2, 0.25) is 5.78 Å². The van der Waals surface area contributed by atoms with Crippen molar-refractivity contribution in [3.63, 3.8) is 0 Å². The zero-order valence-corrected chi connectivity index (χ0v) is 23.5. The Labute approximate surface area is 221 Å². The molecule has 4 aliphatic carbocycles. The number of halogens is 1. The van der Waals surface area contributed by atoms with Gasteiger partial charge in [0.25, 0.3) is 0 Å². The SMILES string of the molecule is CCC(=O)O[C@]1(C(=O)COC(C)=O)C(C)C[C@H]2[C@@H]3CC(C)C4=CC(=O)C=C[C@]4(C)[C@@]3(Br)C(O)C[C@@]21C. The molecule has 0 aliphatic heterocycles. The fourth-order valence-electron chi connectivity index (χ4n) is 8.31. The van der Waals surface area contributed by atoms with Gasteiger partial charge in [0.15, 0.2) is 18.0 Å². The van der Waals surface area contributed by atoms with Crippen LogP contribution in [0.25, 0.3) is 0 Å². The molecule has 0 aromatic carbocycles. The minimum Gasteiger partial charge on any atom is -0.458 e.